The van der Waals surface area contributed by atoms with Crippen LogP contribution in [0.4, 0.5) is 0 Å². The number of aliphatic hydroxyl groups is 1. The molecule has 1 aromatic carbocycles. The fourth-order valence-corrected chi connectivity index (χ4v) is 2.25. The summed E-state index contributed by atoms with van der Waals surface area (Å²) >= 11 is 0. The van der Waals surface area contributed by atoms with Crippen LogP contribution in [-0.4, -0.2) is 36.8 Å². The summed E-state index contributed by atoms with van der Waals surface area (Å²) in [5, 5.41) is 9.34. The van der Waals surface area contributed by atoms with Crippen molar-refractivity contribution < 1.29 is 9.84 Å². The maximum absolute atomic E-state index is 9.34. The van der Waals surface area contributed by atoms with Gasteiger partial charge in [0.1, 0.15) is 5.75 Å². The first-order valence-electron chi connectivity index (χ1n) is 6.49. The number of ether oxygens (including phenoxy) is 1. The Morgan fingerprint density at radius 1 is 1.11 bits per heavy atom. The average molecular weight is 251 g/mol. The third-order valence-corrected chi connectivity index (χ3v) is 2.98. The van der Waals surface area contributed by atoms with Gasteiger partial charge in [-0.1, -0.05) is 19.1 Å². The second-order valence-corrected chi connectivity index (χ2v) is 5.30. The Labute approximate surface area is 110 Å². The zero-order valence-corrected chi connectivity index (χ0v) is 12.1. The van der Waals surface area contributed by atoms with Crippen LogP contribution in [0.15, 0.2) is 24.3 Å². The molecule has 0 bridgehead atoms. The van der Waals surface area contributed by atoms with Gasteiger partial charge in [0.25, 0.3) is 0 Å². The highest BCUT2D eigenvalue weighted by Crippen LogP contribution is 2.28. The number of rotatable bonds is 6. The molecule has 0 fully saturated rings. The fourth-order valence-electron chi connectivity index (χ4n) is 2.25. The molecule has 1 aromatic rings. The first kappa shape index (κ1) is 15.0. The van der Waals surface area contributed by atoms with Gasteiger partial charge in [0, 0.05) is 12.6 Å². The highest BCUT2D eigenvalue weighted by Gasteiger charge is 2.20. The summed E-state index contributed by atoms with van der Waals surface area (Å²) in [4.78, 5) is 2.14. The number of nitrogens with zero attached hydrogens (tertiary/aromatic N) is 1. The first-order valence-corrected chi connectivity index (χ1v) is 6.49. The van der Waals surface area contributed by atoms with Gasteiger partial charge in [-0.25, -0.2) is 0 Å². The molecule has 0 aromatic heterocycles. The van der Waals surface area contributed by atoms with Crippen LogP contribution in [0.2, 0.25) is 0 Å². The zero-order valence-electron chi connectivity index (χ0n) is 12.1. The quantitative estimate of drug-likeness (QED) is 0.844. The zero-order chi connectivity index (χ0) is 13.7. The van der Waals surface area contributed by atoms with Crippen molar-refractivity contribution >= 4 is 0 Å². The van der Waals surface area contributed by atoms with E-state index in [0.717, 1.165) is 5.75 Å². The Balaban J connectivity index is 2.87. The Kier molecular flexibility index (Phi) is 5.63. The van der Waals surface area contributed by atoms with E-state index in [4.69, 9.17) is 4.74 Å². The predicted molar refractivity (Wildman–Crippen MR) is 74.9 cm³/mol. The molecule has 18 heavy (non-hydrogen) atoms. The van der Waals surface area contributed by atoms with Gasteiger partial charge in [0.15, 0.2) is 0 Å². The molecule has 3 nitrogen and oxygen atoms in total. The Morgan fingerprint density at radius 2 is 1.67 bits per heavy atom. The average Bonchev–Trinajstić information content (AvgIpc) is 2.30. The smallest absolute Gasteiger partial charge is 0.119 e. The van der Waals surface area contributed by atoms with Gasteiger partial charge >= 0.3 is 0 Å². The molecular weight excluding hydrogens is 226 g/mol. The molecular formula is C15H25NO2. The molecule has 0 amide bonds. The molecule has 0 aliphatic carbocycles. The maximum atomic E-state index is 9.34. The van der Waals surface area contributed by atoms with E-state index in [1.165, 1.54) is 5.56 Å². The van der Waals surface area contributed by atoms with E-state index in [9.17, 15) is 5.11 Å². The third-order valence-electron chi connectivity index (χ3n) is 2.98. The molecule has 3 heteroatoms. The van der Waals surface area contributed by atoms with Crippen LogP contribution in [0.3, 0.4) is 0 Å². The topological polar surface area (TPSA) is 32.7 Å². The van der Waals surface area contributed by atoms with Crippen LogP contribution < -0.4 is 4.74 Å². The van der Waals surface area contributed by atoms with Gasteiger partial charge in [-0.05, 0) is 51.6 Å². The minimum absolute atomic E-state index is 0.188. The second-order valence-electron chi connectivity index (χ2n) is 5.30. The summed E-state index contributed by atoms with van der Waals surface area (Å²) in [6.07, 6.45) is 0.192. The summed E-state index contributed by atoms with van der Waals surface area (Å²) in [5.74, 6) is 1.10. The molecule has 2 unspecified atom stereocenters. The van der Waals surface area contributed by atoms with Crippen molar-refractivity contribution in [2.75, 3.05) is 20.7 Å². The largest absolute Gasteiger partial charge is 0.491 e. The molecule has 0 heterocycles. The van der Waals surface area contributed by atoms with Crippen molar-refractivity contribution in [3.63, 3.8) is 0 Å². The molecule has 0 saturated heterocycles. The summed E-state index contributed by atoms with van der Waals surface area (Å²) in [6.45, 7) is 6.28. The minimum Gasteiger partial charge on any atom is -0.491 e. The van der Waals surface area contributed by atoms with Gasteiger partial charge in [0.05, 0.1) is 6.10 Å². The van der Waals surface area contributed by atoms with Crippen LogP contribution in [0.25, 0.3) is 0 Å². The highest BCUT2D eigenvalue weighted by atomic mass is 16.5. The van der Waals surface area contributed by atoms with E-state index < -0.39 is 0 Å². The highest BCUT2D eigenvalue weighted by molar-refractivity contribution is 5.29. The summed E-state index contributed by atoms with van der Waals surface area (Å²) in [7, 11) is 4.07. The Bertz CT molecular complexity index is 346. The van der Waals surface area contributed by atoms with E-state index in [1.807, 2.05) is 40.1 Å². The Hall–Kier alpha value is -1.06. The lowest BCUT2D eigenvalue weighted by atomic mass is 9.94. The van der Waals surface area contributed by atoms with Crippen molar-refractivity contribution in [3.8, 4) is 5.75 Å². The second kappa shape index (κ2) is 6.76. The molecule has 1 rings (SSSR count). The monoisotopic (exact) mass is 251 g/mol. The number of benzene rings is 1. The van der Waals surface area contributed by atoms with Crippen molar-refractivity contribution in [1.82, 2.24) is 4.90 Å². The van der Waals surface area contributed by atoms with E-state index in [2.05, 4.69) is 24.0 Å². The lowest BCUT2D eigenvalue weighted by molar-refractivity contribution is 0.145. The van der Waals surface area contributed by atoms with Gasteiger partial charge in [0.2, 0.25) is 0 Å². The number of hydrogen-bond donors (Lipinski definition) is 1. The molecule has 0 aliphatic rings. The van der Waals surface area contributed by atoms with Crippen molar-refractivity contribution in [3.05, 3.63) is 29.8 Å². The molecule has 0 saturated carbocycles. The maximum Gasteiger partial charge on any atom is 0.119 e. The van der Waals surface area contributed by atoms with Gasteiger partial charge in [-0.15, -0.1) is 0 Å². The first-order chi connectivity index (χ1) is 8.45. The number of aliphatic hydroxyl groups excluding tert-OH is 1. The van der Waals surface area contributed by atoms with Gasteiger partial charge < -0.3 is 14.7 Å². The van der Waals surface area contributed by atoms with Crippen LogP contribution in [0, 0.1) is 5.92 Å². The van der Waals surface area contributed by atoms with Crippen LogP contribution >= 0.6 is 0 Å². The van der Waals surface area contributed by atoms with Crippen LogP contribution in [0.5, 0.6) is 5.75 Å². The lowest BCUT2D eigenvalue weighted by Gasteiger charge is -2.29. The third kappa shape index (κ3) is 4.00. The van der Waals surface area contributed by atoms with Crippen LogP contribution in [0.1, 0.15) is 32.4 Å². The van der Waals surface area contributed by atoms with Crippen molar-refractivity contribution in [1.29, 1.82) is 0 Å². The summed E-state index contributed by atoms with van der Waals surface area (Å²) in [5.41, 5.74) is 1.21. The van der Waals surface area contributed by atoms with E-state index in [0.29, 0.717) is 0 Å². The normalized spacial score (nSPS) is 14.9. The van der Waals surface area contributed by atoms with Crippen molar-refractivity contribution in [2.24, 2.45) is 5.92 Å². The minimum atomic E-state index is 0.188. The predicted octanol–water partition coefficient (Wildman–Crippen LogP) is 2.70. The standard InChI is InChI=1S/C15H25NO2/c1-11(2)18-14-8-6-13(7-9-14)15(16(4)5)12(3)10-17/h6-9,11-12,15,17H,10H2,1-5H3. The summed E-state index contributed by atoms with van der Waals surface area (Å²) in [6, 6.07) is 8.37. The Morgan fingerprint density at radius 3 is 2.06 bits per heavy atom. The fraction of sp³-hybridized carbons (Fsp3) is 0.600. The molecule has 0 aliphatic heterocycles. The molecule has 1 N–H and O–H groups in total. The number of hydrogen-bond acceptors (Lipinski definition) is 3. The van der Waals surface area contributed by atoms with Gasteiger partial charge in [-0.3, -0.25) is 0 Å². The molecule has 0 spiro atoms. The van der Waals surface area contributed by atoms with E-state index in [1.54, 1.807) is 0 Å². The summed E-state index contributed by atoms with van der Waals surface area (Å²) < 4.78 is 5.63. The molecule has 102 valence electrons. The van der Waals surface area contributed by atoms with E-state index >= 15 is 0 Å². The van der Waals surface area contributed by atoms with Gasteiger partial charge in [-0.2, -0.15) is 0 Å². The molecule has 0 radical (unpaired) electrons. The van der Waals surface area contributed by atoms with E-state index in [-0.39, 0.29) is 24.7 Å². The van der Waals surface area contributed by atoms with Crippen molar-refractivity contribution in [2.45, 2.75) is 32.9 Å². The molecule has 2 atom stereocenters. The SMILES string of the molecule is CC(C)Oc1ccc(C(C(C)CO)N(C)C)cc1. The van der Waals surface area contributed by atoms with Crippen LogP contribution in [-0.2, 0) is 0 Å². The lowest BCUT2D eigenvalue weighted by Crippen LogP contribution is -2.27.